The lowest BCUT2D eigenvalue weighted by atomic mass is 10.1. The second-order valence-corrected chi connectivity index (χ2v) is 7.51. The third kappa shape index (κ3) is 4.95. The van der Waals surface area contributed by atoms with Gasteiger partial charge in [0.25, 0.3) is 5.91 Å². The van der Waals surface area contributed by atoms with Crippen molar-refractivity contribution in [2.75, 3.05) is 29.9 Å². The van der Waals surface area contributed by atoms with E-state index in [9.17, 15) is 4.79 Å². The molecule has 4 rings (SSSR count). The van der Waals surface area contributed by atoms with Gasteiger partial charge in [0.15, 0.2) is 12.4 Å². The zero-order chi connectivity index (χ0) is 20.8. The van der Waals surface area contributed by atoms with E-state index < -0.39 is 0 Å². The van der Waals surface area contributed by atoms with E-state index >= 15 is 0 Å². The molecule has 0 bridgehead atoms. The first kappa shape index (κ1) is 19.9. The molecule has 1 N–H and O–H groups in total. The van der Waals surface area contributed by atoms with Crippen LogP contribution in [0.25, 0.3) is 11.3 Å². The van der Waals surface area contributed by atoms with E-state index in [1.807, 2.05) is 67.6 Å². The van der Waals surface area contributed by atoms with E-state index in [4.69, 9.17) is 4.74 Å². The van der Waals surface area contributed by atoms with E-state index in [1.165, 1.54) is 19.3 Å². The van der Waals surface area contributed by atoms with E-state index in [0.717, 1.165) is 35.7 Å². The Balaban J connectivity index is 1.38. The fraction of sp³-hybridized carbons (Fsp3) is 0.292. The molecule has 1 aliphatic rings. The zero-order valence-electron chi connectivity index (χ0n) is 17.2. The van der Waals surface area contributed by atoms with Crippen LogP contribution in [0.4, 0.5) is 11.5 Å². The van der Waals surface area contributed by atoms with Gasteiger partial charge >= 0.3 is 0 Å². The highest BCUT2D eigenvalue weighted by Gasteiger charge is 2.13. The molecular weight excluding hydrogens is 376 g/mol. The van der Waals surface area contributed by atoms with Crippen molar-refractivity contribution in [2.24, 2.45) is 0 Å². The lowest BCUT2D eigenvalue weighted by Gasteiger charge is -2.27. The number of aromatic nitrogens is 2. The van der Waals surface area contributed by atoms with Crippen molar-refractivity contribution in [3.63, 3.8) is 0 Å². The van der Waals surface area contributed by atoms with Crippen LogP contribution >= 0.6 is 0 Å². The molecule has 1 amide bonds. The van der Waals surface area contributed by atoms with Crippen LogP contribution in [0.3, 0.4) is 0 Å². The van der Waals surface area contributed by atoms with Crippen LogP contribution in [0, 0.1) is 6.92 Å². The maximum absolute atomic E-state index is 12.3. The number of piperidine rings is 1. The minimum absolute atomic E-state index is 0.0422. The molecule has 6 heteroatoms. The first-order valence-corrected chi connectivity index (χ1v) is 10.4. The standard InChI is InChI=1S/C24H26N4O2/c1-18-8-3-4-11-22(18)30-17-24(29)25-20-10-7-9-19(16-20)21-12-13-23(27-26-21)28-14-5-2-6-15-28/h3-4,7-13,16H,2,5-6,14-15,17H2,1H3,(H,25,29). The lowest BCUT2D eigenvalue weighted by molar-refractivity contribution is -0.118. The summed E-state index contributed by atoms with van der Waals surface area (Å²) in [7, 11) is 0. The van der Waals surface area contributed by atoms with Crippen molar-refractivity contribution < 1.29 is 9.53 Å². The molecule has 0 spiro atoms. The molecule has 2 aromatic carbocycles. The SMILES string of the molecule is Cc1ccccc1OCC(=O)Nc1cccc(-c2ccc(N3CCCCC3)nn2)c1. The Hall–Kier alpha value is -3.41. The number of hydrogen-bond acceptors (Lipinski definition) is 5. The largest absolute Gasteiger partial charge is 0.483 e. The van der Waals surface area contributed by atoms with Crippen molar-refractivity contribution >= 4 is 17.4 Å². The van der Waals surface area contributed by atoms with Gasteiger partial charge in [-0.2, -0.15) is 0 Å². The Morgan fingerprint density at radius 2 is 1.83 bits per heavy atom. The van der Waals surface area contributed by atoms with Gasteiger partial charge < -0.3 is 15.0 Å². The summed E-state index contributed by atoms with van der Waals surface area (Å²) in [5, 5.41) is 11.7. The number of rotatable bonds is 6. The van der Waals surface area contributed by atoms with Crippen LogP contribution in [0.5, 0.6) is 5.75 Å². The lowest BCUT2D eigenvalue weighted by Crippen LogP contribution is -2.30. The molecule has 1 aromatic heterocycles. The van der Waals surface area contributed by atoms with E-state index in [2.05, 4.69) is 20.4 Å². The van der Waals surface area contributed by atoms with E-state index in [1.54, 1.807) is 0 Å². The van der Waals surface area contributed by atoms with Crippen molar-refractivity contribution in [3.05, 3.63) is 66.2 Å². The molecule has 0 atom stereocenters. The number of benzene rings is 2. The summed E-state index contributed by atoms with van der Waals surface area (Å²) in [6, 6.07) is 19.3. The molecule has 0 radical (unpaired) electrons. The Morgan fingerprint density at radius 3 is 2.60 bits per heavy atom. The van der Waals surface area contributed by atoms with E-state index in [0.29, 0.717) is 11.4 Å². The summed E-state index contributed by atoms with van der Waals surface area (Å²) in [5.41, 5.74) is 3.39. The second kappa shape index (κ2) is 9.39. The maximum Gasteiger partial charge on any atom is 0.262 e. The van der Waals surface area contributed by atoms with Crippen molar-refractivity contribution in [1.29, 1.82) is 0 Å². The van der Waals surface area contributed by atoms with Crippen LogP contribution in [-0.2, 0) is 4.79 Å². The normalized spacial score (nSPS) is 13.7. The minimum Gasteiger partial charge on any atom is -0.483 e. The topological polar surface area (TPSA) is 67.3 Å². The quantitative estimate of drug-likeness (QED) is 0.659. The number of nitrogens with one attached hydrogen (secondary N) is 1. The zero-order valence-corrected chi connectivity index (χ0v) is 17.2. The van der Waals surface area contributed by atoms with Crippen LogP contribution in [0.2, 0.25) is 0 Å². The Bertz CT molecular complexity index is 998. The van der Waals surface area contributed by atoms with Gasteiger partial charge in [-0.15, -0.1) is 10.2 Å². The number of para-hydroxylation sites is 1. The second-order valence-electron chi connectivity index (χ2n) is 7.51. The van der Waals surface area contributed by atoms with Gasteiger partial charge in [0.05, 0.1) is 5.69 Å². The highest BCUT2D eigenvalue weighted by molar-refractivity contribution is 5.92. The molecule has 0 saturated carbocycles. The molecule has 30 heavy (non-hydrogen) atoms. The monoisotopic (exact) mass is 402 g/mol. The van der Waals surface area contributed by atoms with Crippen molar-refractivity contribution in [2.45, 2.75) is 26.2 Å². The van der Waals surface area contributed by atoms with Crippen LogP contribution < -0.4 is 15.0 Å². The average molecular weight is 402 g/mol. The highest BCUT2D eigenvalue weighted by atomic mass is 16.5. The number of nitrogens with zero attached hydrogens (tertiary/aromatic N) is 3. The minimum atomic E-state index is -0.207. The maximum atomic E-state index is 12.3. The summed E-state index contributed by atoms with van der Waals surface area (Å²) in [5.74, 6) is 1.43. The highest BCUT2D eigenvalue weighted by Crippen LogP contribution is 2.23. The third-order valence-corrected chi connectivity index (χ3v) is 5.22. The molecule has 1 aliphatic heterocycles. The Labute approximate surface area is 176 Å². The first-order valence-electron chi connectivity index (χ1n) is 10.4. The number of aryl methyl sites for hydroxylation is 1. The number of carbonyl (C=O) groups is 1. The van der Waals surface area contributed by atoms with Crippen LogP contribution in [0.15, 0.2) is 60.7 Å². The number of carbonyl (C=O) groups excluding carboxylic acids is 1. The molecular formula is C24H26N4O2. The number of anilines is 2. The predicted octanol–water partition coefficient (Wildman–Crippen LogP) is 4.46. The smallest absolute Gasteiger partial charge is 0.262 e. The van der Waals surface area contributed by atoms with Gasteiger partial charge in [-0.3, -0.25) is 4.79 Å². The molecule has 1 fully saturated rings. The van der Waals surface area contributed by atoms with Gasteiger partial charge in [0, 0.05) is 24.3 Å². The molecule has 154 valence electrons. The Kier molecular flexibility index (Phi) is 6.23. The summed E-state index contributed by atoms with van der Waals surface area (Å²) in [6.45, 7) is 3.99. The van der Waals surface area contributed by atoms with E-state index in [-0.39, 0.29) is 12.5 Å². The summed E-state index contributed by atoms with van der Waals surface area (Å²) in [4.78, 5) is 14.6. The fourth-order valence-corrected chi connectivity index (χ4v) is 3.59. The van der Waals surface area contributed by atoms with Crippen molar-refractivity contribution in [1.82, 2.24) is 10.2 Å². The van der Waals surface area contributed by atoms with Gasteiger partial charge in [0.1, 0.15) is 5.75 Å². The van der Waals surface area contributed by atoms with Crippen LogP contribution in [-0.4, -0.2) is 35.8 Å². The first-order chi connectivity index (χ1) is 14.7. The van der Waals surface area contributed by atoms with Crippen LogP contribution in [0.1, 0.15) is 24.8 Å². The van der Waals surface area contributed by atoms with Gasteiger partial charge in [-0.1, -0.05) is 30.3 Å². The summed E-state index contributed by atoms with van der Waals surface area (Å²) < 4.78 is 5.62. The van der Waals surface area contributed by atoms with Crippen molar-refractivity contribution in [3.8, 4) is 17.0 Å². The summed E-state index contributed by atoms with van der Waals surface area (Å²) in [6.07, 6.45) is 3.70. The molecule has 0 unspecified atom stereocenters. The fourth-order valence-electron chi connectivity index (χ4n) is 3.59. The number of ether oxygens (including phenoxy) is 1. The Morgan fingerprint density at radius 1 is 1.00 bits per heavy atom. The third-order valence-electron chi connectivity index (χ3n) is 5.22. The van der Waals surface area contributed by atoms with Gasteiger partial charge in [0.2, 0.25) is 0 Å². The van der Waals surface area contributed by atoms with Gasteiger partial charge in [-0.25, -0.2) is 0 Å². The molecule has 0 aliphatic carbocycles. The van der Waals surface area contributed by atoms with Gasteiger partial charge in [-0.05, 0) is 62.1 Å². The molecule has 2 heterocycles. The molecule has 1 saturated heterocycles. The number of hydrogen-bond donors (Lipinski definition) is 1. The number of amides is 1. The molecule has 3 aromatic rings. The average Bonchev–Trinajstić information content (AvgIpc) is 2.79. The molecule has 6 nitrogen and oxygen atoms in total. The predicted molar refractivity (Wildman–Crippen MR) is 119 cm³/mol. The summed E-state index contributed by atoms with van der Waals surface area (Å²) >= 11 is 0.